The summed E-state index contributed by atoms with van der Waals surface area (Å²) in [4.78, 5) is 17.2. The summed E-state index contributed by atoms with van der Waals surface area (Å²) in [5, 5.41) is 3.29. The maximum atomic E-state index is 12.5. The zero-order chi connectivity index (χ0) is 17.8. The Kier molecular flexibility index (Phi) is 5.50. The van der Waals surface area contributed by atoms with Gasteiger partial charge >= 0.3 is 0 Å². The number of rotatable bonds is 6. The number of fused-ring (bicyclic) bond motifs is 1. The number of carbonyl (C=O) groups excluding carboxylic acids is 1. The molecule has 130 valence electrons. The Morgan fingerprint density at radius 1 is 1.32 bits per heavy atom. The van der Waals surface area contributed by atoms with Crippen molar-refractivity contribution in [2.24, 2.45) is 0 Å². The van der Waals surface area contributed by atoms with E-state index in [9.17, 15) is 4.79 Å². The average Bonchev–Trinajstić information content (AvgIpc) is 2.94. The maximum absolute atomic E-state index is 12.5. The van der Waals surface area contributed by atoms with Crippen LogP contribution in [0.25, 0.3) is 11.0 Å². The summed E-state index contributed by atoms with van der Waals surface area (Å²) in [7, 11) is 1.57. The van der Waals surface area contributed by atoms with Crippen molar-refractivity contribution in [3.63, 3.8) is 0 Å². The van der Waals surface area contributed by atoms with E-state index in [0.717, 1.165) is 22.6 Å². The summed E-state index contributed by atoms with van der Waals surface area (Å²) in [5.41, 5.74) is 2.40. The second-order valence-corrected chi connectivity index (χ2v) is 6.70. The SMILES string of the molecule is COc1ccc(NC(=O)Cn2c(CSC)nc3ccccc32)c(Cl)c1. The minimum Gasteiger partial charge on any atom is -0.497 e. The van der Waals surface area contributed by atoms with E-state index in [2.05, 4.69) is 10.3 Å². The number of benzene rings is 2. The molecule has 0 saturated carbocycles. The van der Waals surface area contributed by atoms with E-state index in [1.54, 1.807) is 37.1 Å². The number of carbonyl (C=O) groups is 1. The molecule has 0 radical (unpaired) electrons. The number of ether oxygens (including phenoxy) is 1. The molecule has 1 amide bonds. The Balaban J connectivity index is 1.83. The highest BCUT2D eigenvalue weighted by atomic mass is 35.5. The second-order valence-electron chi connectivity index (χ2n) is 5.43. The second kappa shape index (κ2) is 7.80. The lowest BCUT2D eigenvalue weighted by atomic mass is 10.3. The van der Waals surface area contributed by atoms with Crippen molar-refractivity contribution in [2.75, 3.05) is 18.7 Å². The van der Waals surface area contributed by atoms with Crippen LogP contribution in [-0.2, 0) is 17.1 Å². The third kappa shape index (κ3) is 3.91. The van der Waals surface area contributed by atoms with E-state index >= 15 is 0 Å². The van der Waals surface area contributed by atoms with Crippen LogP contribution < -0.4 is 10.1 Å². The molecule has 3 rings (SSSR count). The topological polar surface area (TPSA) is 56.1 Å². The summed E-state index contributed by atoms with van der Waals surface area (Å²) in [5.74, 6) is 2.11. The number of imidazole rings is 1. The summed E-state index contributed by atoms with van der Waals surface area (Å²) in [6, 6.07) is 13.0. The molecule has 0 unspecified atom stereocenters. The summed E-state index contributed by atoms with van der Waals surface area (Å²) in [6.07, 6.45) is 2.01. The zero-order valence-electron chi connectivity index (χ0n) is 14.0. The highest BCUT2D eigenvalue weighted by molar-refractivity contribution is 7.97. The van der Waals surface area contributed by atoms with E-state index < -0.39 is 0 Å². The van der Waals surface area contributed by atoms with Crippen LogP contribution in [0.5, 0.6) is 5.75 Å². The van der Waals surface area contributed by atoms with E-state index in [1.165, 1.54) is 0 Å². The number of aromatic nitrogens is 2. The van der Waals surface area contributed by atoms with E-state index in [4.69, 9.17) is 16.3 Å². The first kappa shape index (κ1) is 17.6. The fourth-order valence-electron chi connectivity index (χ4n) is 2.60. The molecule has 0 spiro atoms. The van der Waals surface area contributed by atoms with Crippen LogP contribution in [0.1, 0.15) is 5.82 Å². The highest BCUT2D eigenvalue weighted by Gasteiger charge is 2.14. The van der Waals surface area contributed by atoms with E-state index in [-0.39, 0.29) is 12.5 Å². The molecule has 1 heterocycles. The highest BCUT2D eigenvalue weighted by Crippen LogP contribution is 2.27. The molecule has 0 aliphatic rings. The molecular weight excluding hydrogens is 358 g/mol. The molecule has 2 aromatic carbocycles. The maximum Gasteiger partial charge on any atom is 0.244 e. The summed E-state index contributed by atoms with van der Waals surface area (Å²) < 4.78 is 7.06. The standard InChI is InChI=1S/C18H18ClN3O2S/c1-24-12-7-8-14(13(19)9-12)21-18(23)10-22-16-6-4-3-5-15(16)20-17(22)11-25-2/h3-9H,10-11H2,1-2H3,(H,21,23). The Hall–Kier alpha value is -2.18. The number of halogens is 1. The first-order chi connectivity index (χ1) is 12.1. The van der Waals surface area contributed by atoms with Gasteiger partial charge in [0.15, 0.2) is 0 Å². The van der Waals surface area contributed by atoms with Gasteiger partial charge < -0.3 is 14.6 Å². The van der Waals surface area contributed by atoms with Gasteiger partial charge in [-0.25, -0.2) is 4.98 Å². The van der Waals surface area contributed by atoms with Gasteiger partial charge in [0.1, 0.15) is 18.1 Å². The van der Waals surface area contributed by atoms with Gasteiger partial charge in [0, 0.05) is 6.07 Å². The predicted octanol–water partition coefficient (Wildman–Crippen LogP) is 4.20. The zero-order valence-corrected chi connectivity index (χ0v) is 15.5. The lowest BCUT2D eigenvalue weighted by Crippen LogP contribution is -2.20. The number of methoxy groups -OCH3 is 1. The quantitative estimate of drug-likeness (QED) is 0.701. The van der Waals surface area contributed by atoms with Crippen LogP contribution in [0.4, 0.5) is 5.69 Å². The van der Waals surface area contributed by atoms with Gasteiger partial charge in [-0.3, -0.25) is 4.79 Å². The molecule has 7 heteroatoms. The summed E-state index contributed by atoms with van der Waals surface area (Å²) in [6.45, 7) is 0.179. The molecule has 3 aromatic rings. The van der Waals surface area contributed by atoms with Crippen molar-refractivity contribution < 1.29 is 9.53 Å². The third-order valence-corrected chi connectivity index (χ3v) is 4.62. The van der Waals surface area contributed by atoms with Crippen LogP contribution in [-0.4, -0.2) is 28.8 Å². The minimum absolute atomic E-state index is 0.155. The van der Waals surface area contributed by atoms with Gasteiger partial charge in [0.05, 0.1) is 34.6 Å². The number of para-hydroxylation sites is 2. The molecule has 1 N–H and O–H groups in total. The van der Waals surface area contributed by atoms with Crippen molar-refractivity contribution in [1.82, 2.24) is 9.55 Å². The molecular formula is C18H18ClN3O2S. The first-order valence-electron chi connectivity index (χ1n) is 7.69. The van der Waals surface area contributed by atoms with Crippen molar-refractivity contribution >= 4 is 46.0 Å². The van der Waals surface area contributed by atoms with Crippen LogP contribution in [0.3, 0.4) is 0 Å². The summed E-state index contributed by atoms with van der Waals surface area (Å²) >= 11 is 7.86. The Labute approximate surface area is 155 Å². The Bertz CT molecular complexity index is 910. The molecule has 1 aromatic heterocycles. The smallest absolute Gasteiger partial charge is 0.244 e. The average molecular weight is 376 g/mol. The lowest BCUT2D eigenvalue weighted by molar-refractivity contribution is -0.116. The number of hydrogen-bond donors (Lipinski definition) is 1. The van der Waals surface area contributed by atoms with Crippen molar-refractivity contribution in [3.8, 4) is 5.75 Å². The molecule has 0 aliphatic carbocycles. The molecule has 0 aliphatic heterocycles. The minimum atomic E-state index is -0.155. The molecule has 0 bridgehead atoms. The molecule has 5 nitrogen and oxygen atoms in total. The fourth-order valence-corrected chi connectivity index (χ4v) is 3.29. The van der Waals surface area contributed by atoms with Gasteiger partial charge in [0.25, 0.3) is 0 Å². The number of anilines is 1. The van der Waals surface area contributed by atoms with E-state index in [0.29, 0.717) is 16.5 Å². The van der Waals surface area contributed by atoms with Gasteiger partial charge in [-0.05, 0) is 30.5 Å². The van der Waals surface area contributed by atoms with Crippen LogP contribution in [0.2, 0.25) is 5.02 Å². The monoisotopic (exact) mass is 375 g/mol. The first-order valence-corrected chi connectivity index (χ1v) is 9.46. The van der Waals surface area contributed by atoms with Crippen molar-refractivity contribution in [3.05, 3.63) is 53.3 Å². The normalized spacial score (nSPS) is 10.8. The van der Waals surface area contributed by atoms with Gasteiger partial charge in [-0.1, -0.05) is 23.7 Å². The molecule has 25 heavy (non-hydrogen) atoms. The largest absolute Gasteiger partial charge is 0.497 e. The predicted molar refractivity (Wildman–Crippen MR) is 104 cm³/mol. The van der Waals surface area contributed by atoms with Crippen LogP contribution in [0, 0.1) is 0 Å². The van der Waals surface area contributed by atoms with Crippen LogP contribution >= 0.6 is 23.4 Å². The third-order valence-electron chi connectivity index (χ3n) is 3.76. The van der Waals surface area contributed by atoms with E-state index in [1.807, 2.05) is 35.1 Å². The Morgan fingerprint density at radius 3 is 2.84 bits per heavy atom. The number of amides is 1. The number of thioether (sulfide) groups is 1. The number of nitrogens with zero attached hydrogens (tertiary/aromatic N) is 2. The van der Waals surface area contributed by atoms with Crippen LogP contribution in [0.15, 0.2) is 42.5 Å². The number of nitrogens with one attached hydrogen (secondary N) is 1. The van der Waals surface area contributed by atoms with Crippen molar-refractivity contribution in [2.45, 2.75) is 12.3 Å². The number of hydrogen-bond acceptors (Lipinski definition) is 4. The van der Waals surface area contributed by atoms with Gasteiger partial charge in [0.2, 0.25) is 5.91 Å². The van der Waals surface area contributed by atoms with Gasteiger partial charge in [-0.2, -0.15) is 11.8 Å². The molecule has 0 atom stereocenters. The van der Waals surface area contributed by atoms with Gasteiger partial charge in [-0.15, -0.1) is 0 Å². The van der Waals surface area contributed by atoms with Crippen molar-refractivity contribution in [1.29, 1.82) is 0 Å². The molecule has 0 fully saturated rings. The lowest BCUT2D eigenvalue weighted by Gasteiger charge is -2.11. The fraction of sp³-hybridized carbons (Fsp3) is 0.222. The Morgan fingerprint density at radius 2 is 2.12 bits per heavy atom. The molecule has 0 saturated heterocycles.